The fourth-order valence-electron chi connectivity index (χ4n) is 2.25. The van der Waals surface area contributed by atoms with Crippen molar-refractivity contribution >= 4 is 28.5 Å². The van der Waals surface area contributed by atoms with Crippen molar-refractivity contribution in [3.8, 4) is 0 Å². The van der Waals surface area contributed by atoms with Gasteiger partial charge in [0.25, 0.3) is 5.91 Å². The summed E-state index contributed by atoms with van der Waals surface area (Å²) in [4.78, 5) is 14.9. The number of aromatic nitrogens is 1. The van der Waals surface area contributed by atoms with Crippen LogP contribution in [0.15, 0.2) is 12.3 Å². The van der Waals surface area contributed by atoms with Crippen molar-refractivity contribution < 1.29 is 4.79 Å². The summed E-state index contributed by atoms with van der Waals surface area (Å²) in [5.41, 5.74) is 6.31. The molecule has 1 aromatic rings. The van der Waals surface area contributed by atoms with Crippen molar-refractivity contribution in [2.45, 2.75) is 25.3 Å². The number of rotatable bonds is 3. The molecule has 2 atom stereocenters. The molecule has 4 N–H and O–H groups in total. The van der Waals surface area contributed by atoms with Crippen molar-refractivity contribution in [3.05, 3.63) is 21.5 Å². The summed E-state index contributed by atoms with van der Waals surface area (Å²) >= 11 is 2.18. The first kappa shape index (κ1) is 11.9. The number of amides is 1. The third-order valence-electron chi connectivity index (χ3n) is 3.17. The number of H-pyrrole nitrogens is 1. The van der Waals surface area contributed by atoms with Gasteiger partial charge in [-0.25, -0.2) is 0 Å². The van der Waals surface area contributed by atoms with Crippen LogP contribution in [0, 0.1) is 9.49 Å². The minimum Gasteiger partial charge on any atom is -0.356 e. The van der Waals surface area contributed by atoms with Crippen LogP contribution in [0.4, 0.5) is 0 Å². The van der Waals surface area contributed by atoms with E-state index >= 15 is 0 Å². The zero-order valence-corrected chi connectivity index (χ0v) is 11.2. The van der Waals surface area contributed by atoms with E-state index in [9.17, 15) is 4.79 Å². The Bertz CT molecular complexity index is 377. The van der Waals surface area contributed by atoms with E-state index in [0.29, 0.717) is 18.2 Å². The molecule has 0 bridgehead atoms. The van der Waals surface area contributed by atoms with Gasteiger partial charge in [0.15, 0.2) is 0 Å². The van der Waals surface area contributed by atoms with Crippen molar-refractivity contribution in [2.75, 3.05) is 6.54 Å². The highest BCUT2D eigenvalue weighted by molar-refractivity contribution is 14.1. The lowest BCUT2D eigenvalue weighted by molar-refractivity contribution is 0.0924. The van der Waals surface area contributed by atoms with Gasteiger partial charge in [-0.3, -0.25) is 4.79 Å². The van der Waals surface area contributed by atoms with Gasteiger partial charge in [-0.05, 0) is 54.0 Å². The average Bonchev–Trinajstić information content (AvgIpc) is 2.86. The third kappa shape index (κ3) is 2.57. The minimum absolute atomic E-state index is 0.0201. The van der Waals surface area contributed by atoms with Gasteiger partial charge in [0, 0.05) is 15.8 Å². The first-order valence-corrected chi connectivity index (χ1v) is 6.63. The lowest BCUT2D eigenvalue weighted by Crippen LogP contribution is -2.39. The van der Waals surface area contributed by atoms with Crippen molar-refractivity contribution in [3.63, 3.8) is 0 Å². The van der Waals surface area contributed by atoms with Gasteiger partial charge in [0.2, 0.25) is 0 Å². The number of nitrogens with one attached hydrogen (secondary N) is 2. The lowest BCUT2D eigenvalue weighted by Gasteiger charge is -2.18. The smallest absolute Gasteiger partial charge is 0.267 e. The van der Waals surface area contributed by atoms with Crippen LogP contribution < -0.4 is 11.1 Å². The lowest BCUT2D eigenvalue weighted by atomic mass is 10.0. The maximum absolute atomic E-state index is 11.9. The summed E-state index contributed by atoms with van der Waals surface area (Å²) in [5.74, 6) is 0.422. The predicted molar refractivity (Wildman–Crippen MR) is 71.2 cm³/mol. The predicted octanol–water partition coefficient (Wildman–Crippen LogP) is 1.48. The molecule has 88 valence electrons. The van der Waals surface area contributed by atoms with E-state index in [1.165, 1.54) is 0 Å². The minimum atomic E-state index is -0.0201. The molecule has 1 amide bonds. The van der Waals surface area contributed by atoms with E-state index in [1.807, 2.05) is 12.3 Å². The Morgan fingerprint density at radius 3 is 3.06 bits per heavy atom. The molecule has 4 nitrogen and oxygen atoms in total. The molecular formula is C11H16IN3O. The first-order valence-electron chi connectivity index (χ1n) is 5.55. The molecule has 1 aliphatic carbocycles. The fraction of sp³-hybridized carbons (Fsp3) is 0.545. The van der Waals surface area contributed by atoms with Crippen LogP contribution in [-0.2, 0) is 0 Å². The van der Waals surface area contributed by atoms with E-state index in [4.69, 9.17) is 5.73 Å². The number of carbonyl (C=O) groups excluding carboxylic acids is 1. The Kier molecular flexibility index (Phi) is 3.86. The Hall–Kier alpha value is -0.560. The molecule has 16 heavy (non-hydrogen) atoms. The standard InChI is InChI=1S/C11H16IN3O/c12-8-4-10(14-6-8)11(16)15-9-3-1-2-7(9)5-13/h4,6-7,9,14H,1-3,5,13H2,(H,15,16). The highest BCUT2D eigenvalue weighted by Crippen LogP contribution is 2.24. The molecule has 0 saturated heterocycles. The van der Waals surface area contributed by atoms with E-state index in [-0.39, 0.29) is 11.9 Å². The number of aromatic amines is 1. The molecule has 0 aliphatic heterocycles. The second-order valence-electron chi connectivity index (χ2n) is 4.24. The van der Waals surface area contributed by atoms with Crippen LogP contribution in [0.5, 0.6) is 0 Å². The maximum atomic E-state index is 11.9. The number of hydrogen-bond acceptors (Lipinski definition) is 2. The first-order chi connectivity index (χ1) is 7.70. The van der Waals surface area contributed by atoms with Gasteiger partial charge in [-0.15, -0.1) is 0 Å². The summed E-state index contributed by atoms with van der Waals surface area (Å²) in [6.07, 6.45) is 5.16. The van der Waals surface area contributed by atoms with E-state index in [1.54, 1.807) is 0 Å². The molecule has 1 heterocycles. The Labute approximate surface area is 109 Å². The second kappa shape index (κ2) is 5.18. The van der Waals surface area contributed by atoms with Gasteiger partial charge in [-0.2, -0.15) is 0 Å². The van der Waals surface area contributed by atoms with Crippen LogP contribution in [0.1, 0.15) is 29.8 Å². The highest BCUT2D eigenvalue weighted by atomic mass is 127. The van der Waals surface area contributed by atoms with Crippen LogP contribution in [0.25, 0.3) is 0 Å². The molecule has 1 fully saturated rings. The maximum Gasteiger partial charge on any atom is 0.267 e. The van der Waals surface area contributed by atoms with Crippen molar-refractivity contribution in [1.29, 1.82) is 0 Å². The van der Waals surface area contributed by atoms with Crippen LogP contribution in [-0.4, -0.2) is 23.5 Å². The summed E-state index contributed by atoms with van der Waals surface area (Å²) in [6.45, 7) is 0.660. The molecule has 2 unspecified atom stereocenters. The molecule has 1 aromatic heterocycles. The Morgan fingerprint density at radius 1 is 1.62 bits per heavy atom. The average molecular weight is 333 g/mol. The van der Waals surface area contributed by atoms with Crippen LogP contribution in [0.3, 0.4) is 0 Å². The molecule has 1 saturated carbocycles. The quantitative estimate of drug-likeness (QED) is 0.733. The molecule has 2 rings (SSSR count). The molecule has 0 aromatic carbocycles. The van der Waals surface area contributed by atoms with E-state index in [2.05, 4.69) is 32.9 Å². The van der Waals surface area contributed by atoms with Crippen LogP contribution >= 0.6 is 22.6 Å². The van der Waals surface area contributed by atoms with Gasteiger partial charge in [0.1, 0.15) is 5.69 Å². The fourth-order valence-corrected chi connectivity index (χ4v) is 2.72. The summed E-state index contributed by atoms with van der Waals surface area (Å²) in [5, 5.41) is 3.06. The van der Waals surface area contributed by atoms with Gasteiger partial charge >= 0.3 is 0 Å². The summed E-state index contributed by atoms with van der Waals surface area (Å²) in [6, 6.07) is 2.10. The topological polar surface area (TPSA) is 70.9 Å². The van der Waals surface area contributed by atoms with Crippen LogP contribution in [0.2, 0.25) is 0 Å². The Balaban J connectivity index is 1.97. The van der Waals surface area contributed by atoms with Crippen molar-refractivity contribution in [2.24, 2.45) is 11.7 Å². The monoisotopic (exact) mass is 333 g/mol. The SMILES string of the molecule is NCC1CCCC1NC(=O)c1cc(I)c[nH]1. The zero-order valence-electron chi connectivity index (χ0n) is 9.00. The largest absolute Gasteiger partial charge is 0.356 e. The third-order valence-corrected chi connectivity index (χ3v) is 3.79. The second-order valence-corrected chi connectivity index (χ2v) is 5.48. The Morgan fingerprint density at radius 2 is 2.44 bits per heavy atom. The number of halogens is 1. The molecule has 5 heteroatoms. The van der Waals surface area contributed by atoms with E-state index in [0.717, 1.165) is 22.8 Å². The number of carbonyl (C=O) groups is 1. The molecular weight excluding hydrogens is 317 g/mol. The number of nitrogens with two attached hydrogens (primary N) is 1. The van der Waals surface area contributed by atoms with Gasteiger partial charge in [-0.1, -0.05) is 6.42 Å². The number of hydrogen-bond donors (Lipinski definition) is 3. The van der Waals surface area contributed by atoms with E-state index < -0.39 is 0 Å². The molecule has 0 spiro atoms. The normalized spacial score (nSPS) is 24.6. The highest BCUT2D eigenvalue weighted by Gasteiger charge is 2.27. The summed E-state index contributed by atoms with van der Waals surface area (Å²) < 4.78 is 1.05. The zero-order chi connectivity index (χ0) is 11.5. The van der Waals surface area contributed by atoms with Gasteiger partial charge < -0.3 is 16.0 Å². The molecule has 1 aliphatic rings. The van der Waals surface area contributed by atoms with Crippen molar-refractivity contribution in [1.82, 2.24) is 10.3 Å². The van der Waals surface area contributed by atoms with Gasteiger partial charge in [0.05, 0.1) is 0 Å². The molecule has 0 radical (unpaired) electrons. The summed E-state index contributed by atoms with van der Waals surface area (Å²) in [7, 11) is 0.